The third-order valence-corrected chi connectivity index (χ3v) is 5.15. The zero-order valence-electron chi connectivity index (χ0n) is 16.6. The van der Waals surface area contributed by atoms with E-state index in [-0.39, 0.29) is 12.4 Å². The molecule has 0 saturated carbocycles. The van der Waals surface area contributed by atoms with Crippen molar-refractivity contribution in [2.75, 3.05) is 13.9 Å². The van der Waals surface area contributed by atoms with Gasteiger partial charge >= 0.3 is 7.12 Å². The highest BCUT2D eigenvalue weighted by Gasteiger charge is 2.52. The highest BCUT2D eigenvalue weighted by Crippen LogP contribution is 2.37. The molecule has 144 valence electrons. The molecule has 0 amide bonds. The summed E-state index contributed by atoms with van der Waals surface area (Å²) >= 11 is 0. The van der Waals surface area contributed by atoms with Gasteiger partial charge in [0.2, 0.25) is 0 Å². The number of rotatable bonds is 5. The van der Waals surface area contributed by atoms with Crippen molar-refractivity contribution < 1.29 is 18.8 Å². The van der Waals surface area contributed by atoms with Gasteiger partial charge in [0, 0.05) is 31.3 Å². The van der Waals surface area contributed by atoms with Crippen molar-refractivity contribution in [3.8, 4) is 16.9 Å². The first-order valence-electron chi connectivity index (χ1n) is 8.80. The van der Waals surface area contributed by atoms with Gasteiger partial charge in [0.1, 0.15) is 5.75 Å². The monoisotopic (exact) mass is 372 g/mol. The Morgan fingerprint density at radius 2 is 1.78 bits per heavy atom. The number of hydrogen-bond acceptors (Lipinski definition) is 6. The molecule has 1 aliphatic heterocycles. The SMILES string of the molecule is COCOc1cc(-c2cnn(C)c(=O)c2)ccc1B1OC(C)(C)C(C)(C)O1. The zero-order valence-corrected chi connectivity index (χ0v) is 16.6. The van der Waals surface area contributed by atoms with Crippen LogP contribution in [0.3, 0.4) is 0 Å². The third kappa shape index (κ3) is 3.78. The quantitative estimate of drug-likeness (QED) is 0.588. The molecule has 0 bridgehead atoms. The van der Waals surface area contributed by atoms with Gasteiger partial charge < -0.3 is 18.8 Å². The molecule has 1 aromatic carbocycles. The Kier molecular flexibility index (Phi) is 5.16. The number of aryl methyl sites for hydroxylation is 1. The van der Waals surface area contributed by atoms with Crippen molar-refractivity contribution in [1.29, 1.82) is 0 Å². The van der Waals surface area contributed by atoms with Crippen molar-refractivity contribution in [3.05, 3.63) is 40.8 Å². The van der Waals surface area contributed by atoms with E-state index < -0.39 is 18.3 Å². The van der Waals surface area contributed by atoms with Gasteiger partial charge in [-0.3, -0.25) is 4.79 Å². The minimum atomic E-state index is -0.558. The molecule has 2 aromatic rings. The second kappa shape index (κ2) is 7.11. The molecule has 0 aliphatic carbocycles. The Morgan fingerprint density at radius 1 is 1.11 bits per heavy atom. The summed E-state index contributed by atoms with van der Waals surface area (Å²) in [5, 5.41) is 4.07. The number of methoxy groups -OCH3 is 1. The van der Waals surface area contributed by atoms with E-state index in [4.69, 9.17) is 18.8 Å². The molecule has 1 saturated heterocycles. The first-order chi connectivity index (χ1) is 12.6. The van der Waals surface area contributed by atoms with Gasteiger partial charge in [0.05, 0.1) is 17.4 Å². The highest BCUT2D eigenvalue weighted by molar-refractivity contribution is 6.63. The summed E-state index contributed by atoms with van der Waals surface area (Å²) in [6.07, 6.45) is 1.64. The van der Waals surface area contributed by atoms with Crippen LogP contribution in [0.2, 0.25) is 0 Å². The van der Waals surface area contributed by atoms with Crippen LogP contribution in [0.1, 0.15) is 27.7 Å². The van der Waals surface area contributed by atoms with Crippen LogP contribution in [-0.4, -0.2) is 42.0 Å². The maximum absolute atomic E-state index is 11.9. The van der Waals surface area contributed by atoms with Crippen LogP contribution in [0, 0.1) is 0 Å². The van der Waals surface area contributed by atoms with E-state index in [0.717, 1.165) is 11.0 Å². The summed E-state index contributed by atoms with van der Waals surface area (Å²) in [7, 11) is 2.61. The second-order valence-electron chi connectivity index (χ2n) is 7.60. The summed E-state index contributed by atoms with van der Waals surface area (Å²) in [6.45, 7) is 8.10. The minimum absolute atomic E-state index is 0.0881. The Bertz CT molecular complexity index is 878. The van der Waals surface area contributed by atoms with Gasteiger partial charge in [0.25, 0.3) is 5.56 Å². The lowest BCUT2D eigenvalue weighted by Crippen LogP contribution is -2.41. The van der Waals surface area contributed by atoms with E-state index in [1.54, 1.807) is 20.4 Å². The van der Waals surface area contributed by atoms with E-state index in [9.17, 15) is 4.79 Å². The first-order valence-corrected chi connectivity index (χ1v) is 8.80. The van der Waals surface area contributed by atoms with Crippen molar-refractivity contribution in [1.82, 2.24) is 9.78 Å². The standard InChI is InChI=1S/C19H25BN2O5/c1-18(2)19(3,4)27-20(26-18)15-8-7-13(9-16(15)25-12-24-6)14-10-17(23)22(5)21-11-14/h7-11H,12H2,1-6H3. The van der Waals surface area contributed by atoms with Crippen LogP contribution in [0.4, 0.5) is 0 Å². The highest BCUT2D eigenvalue weighted by atomic mass is 16.7. The van der Waals surface area contributed by atoms with Crippen LogP contribution in [0.15, 0.2) is 35.3 Å². The molecule has 8 heteroatoms. The fourth-order valence-corrected chi connectivity index (χ4v) is 2.75. The Balaban J connectivity index is 2.00. The summed E-state index contributed by atoms with van der Waals surface area (Å²) in [5.74, 6) is 0.577. The number of ether oxygens (including phenoxy) is 2. The summed E-state index contributed by atoms with van der Waals surface area (Å²) in [4.78, 5) is 11.9. The van der Waals surface area contributed by atoms with Gasteiger partial charge in [-0.15, -0.1) is 0 Å². The van der Waals surface area contributed by atoms with Gasteiger partial charge in [-0.2, -0.15) is 5.10 Å². The van der Waals surface area contributed by atoms with Gasteiger partial charge in [-0.1, -0.05) is 12.1 Å². The molecule has 0 spiro atoms. The largest absolute Gasteiger partial charge is 0.498 e. The van der Waals surface area contributed by atoms with E-state index in [1.165, 1.54) is 10.7 Å². The van der Waals surface area contributed by atoms with Crippen LogP contribution in [0.25, 0.3) is 11.1 Å². The molecule has 1 aliphatic rings. The van der Waals surface area contributed by atoms with Crippen molar-refractivity contribution in [3.63, 3.8) is 0 Å². The molecular weight excluding hydrogens is 347 g/mol. The van der Waals surface area contributed by atoms with Crippen LogP contribution < -0.4 is 15.8 Å². The van der Waals surface area contributed by atoms with E-state index >= 15 is 0 Å². The summed E-state index contributed by atoms with van der Waals surface area (Å²) in [6, 6.07) is 7.17. The average Bonchev–Trinajstić information content (AvgIpc) is 2.82. The van der Waals surface area contributed by atoms with E-state index in [2.05, 4.69) is 5.10 Å². The molecule has 0 unspecified atom stereocenters. The van der Waals surface area contributed by atoms with Crippen molar-refractivity contribution in [2.24, 2.45) is 7.05 Å². The zero-order chi connectivity index (χ0) is 19.8. The third-order valence-electron chi connectivity index (χ3n) is 5.15. The topological polar surface area (TPSA) is 71.8 Å². The summed E-state index contributed by atoms with van der Waals surface area (Å²) in [5.41, 5.74) is 1.20. The van der Waals surface area contributed by atoms with E-state index in [1.807, 2.05) is 45.9 Å². The first kappa shape index (κ1) is 19.6. The van der Waals surface area contributed by atoms with Crippen LogP contribution in [0.5, 0.6) is 5.75 Å². The fourth-order valence-electron chi connectivity index (χ4n) is 2.75. The Hall–Kier alpha value is -2.16. The predicted octanol–water partition coefficient (Wildman–Crippen LogP) is 1.73. The number of benzene rings is 1. The molecule has 1 aromatic heterocycles. The lowest BCUT2D eigenvalue weighted by atomic mass is 9.77. The number of aromatic nitrogens is 2. The van der Waals surface area contributed by atoms with Gasteiger partial charge in [-0.05, 0) is 39.3 Å². The molecule has 27 heavy (non-hydrogen) atoms. The molecule has 0 N–H and O–H groups in total. The minimum Gasteiger partial charge on any atom is -0.468 e. The molecule has 7 nitrogen and oxygen atoms in total. The molecule has 2 heterocycles. The molecular formula is C19H25BN2O5. The van der Waals surface area contributed by atoms with Crippen LogP contribution in [-0.2, 0) is 21.1 Å². The second-order valence-corrected chi connectivity index (χ2v) is 7.60. The summed E-state index contributed by atoms with van der Waals surface area (Å²) < 4.78 is 24.4. The number of hydrogen-bond donors (Lipinski definition) is 0. The molecule has 3 rings (SSSR count). The Labute approximate surface area is 159 Å². The van der Waals surface area contributed by atoms with Crippen molar-refractivity contribution in [2.45, 2.75) is 38.9 Å². The molecule has 0 radical (unpaired) electrons. The normalized spacial score (nSPS) is 17.9. The maximum Gasteiger partial charge on any atom is 0.498 e. The average molecular weight is 372 g/mol. The lowest BCUT2D eigenvalue weighted by molar-refractivity contribution is 0.00578. The Morgan fingerprint density at radius 3 is 2.37 bits per heavy atom. The van der Waals surface area contributed by atoms with Gasteiger partial charge in [0.15, 0.2) is 6.79 Å². The van der Waals surface area contributed by atoms with Crippen LogP contribution >= 0.6 is 0 Å². The van der Waals surface area contributed by atoms with E-state index in [0.29, 0.717) is 11.3 Å². The van der Waals surface area contributed by atoms with Gasteiger partial charge in [-0.25, -0.2) is 4.68 Å². The molecule has 0 atom stereocenters. The smallest absolute Gasteiger partial charge is 0.468 e. The lowest BCUT2D eigenvalue weighted by Gasteiger charge is -2.32. The van der Waals surface area contributed by atoms with Crippen molar-refractivity contribution >= 4 is 12.6 Å². The predicted molar refractivity (Wildman–Crippen MR) is 103 cm³/mol. The fraction of sp³-hybridized carbons (Fsp3) is 0.474. The maximum atomic E-state index is 11.9. The molecule has 1 fully saturated rings. The number of nitrogens with zero attached hydrogens (tertiary/aromatic N) is 2.